The molecule has 0 heterocycles. The fourth-order valence-electron chi connectivity index (χ4n) is 1.48. The Kier molecular flexibility index (Phi) is 6.15. The third-order valence-electron chi connectivity index (χ3n) is 2.64. The van der Waals surface area contributed by atoms with Crippen LogP contribution in [0.25, 0.3) is 0 Å². The Balaban J connectivity index is 1.92. The zero-order valence-electron chi connectivity index (χ0n) is 9.59. The van der Waals surface area contributed by atoms with E-state index in [-0.39, 0.29) is 0 Å². The lowest BCUT2D eigenvalue weighted by molar-refractivity contribution is 0.115. The SMILES string of the molecule is CCOCCN(CC)CCNC1CC1. The molecule has 1 saturated carbocycles. The average molecular weight is 200 g/mol. The molecule has 1 fully saturated rings. The van der Waals surface area contributed by atoms with Crippen LogP contribution in [0.2, 0.25) is 0 Å². The normalized spacial score (nSPS) is 16.5. The Morgan fingerprint density at radius 3 is 2.64 bits per heavy atom. The van der Waals surface area contributed by atoms with E-state index >= 15 is 0 Å². The van der Waals surface area contributed by atoms with Gasteiger partial charge in [-0.3, -0.25) is 0 Å². The van der Waals surface area contributed by atoms with Crippen LogP contribution in [0.3, 0.4) is 0 Å². The van der Waals surface area contributed by atoms with E-state index in [0.29, 0.717) is 0 Å². The van der Waals surface area contributed by atoms with Gasteiger partial charge in [0, 0.05) is 32.3 Å². The molecule has 84 valence electrons. The summed E-state index contributed by atoms with van der Waals surface area (Å²) in [5.74, 6) is 0. The molecule has 0 aromatic rings. The summed E-state index contributed by atoms with van der Waals surface area (Å²) in [4.78, 5) is 2.44. The molecular formula is C11H24N2O. The minimum atomic E-state index is 0.831. The van der Waals surface area contributed by atoms with Crippen LogP contribution in [0, 0.1) is 0 Å². The van der Waals surface area contributed by atoms with E-state index in [9.17, 15) is 0 Å². The molecule has 0 aromatic carbocycles. The third-order valence-corrected chi connectivity index (χ3v) is 2.64. The molecule has 1 aliphatic carbocycles. The smallest absolute Gasteiger partial charge is 0.0593 e. The molecule has 3 nitrogen and oxygen atoms in total. The first-order chi connectivity index (χ1) is 6.86. The summed E-state index contributed by atoms with van der Waals surface area (Å²) in [5.41, 5.74) is 0. The van der Waals surface area contributed by atoms with Crippen LogP contribution in [0.15, 0.2) is 0 Å². The van der Waals surface area contributed by atoms with Crippen molar-refractivity contribution in [3.8, 4) is 0 Å². The predicted octanol–water partition coefficient (Wildman–Crippen LogP) is 1.10. The second kappa shape index (κ2) is 7.21. The fourth-order valence-corrected chi connectivity index (χ4v) is 1.48. The number of hydrogen-bond donors (Lipinski definition) is 1. The number of rotatable bonds is 9. The minimum absolute atomic E-state index is 0.831. The number of hydrogen-bond acceptors (Lipinski definition) is 3. The number of likely N-dealkylation sites (N-methyl/N-ethyl adjacent to an activating group) is 1. The van der Waals surface area contributed by atoms with Crippen LogP contribution in [-0.2, 0) is 4.74 Å². The van der Waals surface area contributed by atoms with Crippen LogP contribution in [0.1, 0.15) is 26.7 Å². The number of nitrogens with one attached hydrogen (secondary N) is 1. The molecule has 0 unspecified atom stereocenters. The number of ether oxygens (including phenoxy) is 1. The Labute approximate surface area is 87.8 Å². The van der Waals surface area contributed by atoms with Crippen LogP contribution in [-0.4, -0.2) is 50.3 Å². The van der Waals surface area contributed by atoms with Crippen LogP contribution < -0.4 is 5.32 Å². The van der Waals surface area contributed by atoms with E-state index < -0.39 is 0 Å². The van der Waals surface area contributed by atoms with Crippen molar-refractivity contribution in [2.24, 2.45) is 0 Å². The summed E-state index contributed by atoms with van der Waals surface area (Å²) < 4.78 is 5.34. The van der Waals surface area contributed by atoms with Gasteiger partial charge < -0.3 is 15.0 Å². The van der Waals surface area contributed by atoms with Gasteiger partial charge in [0.2, 0.25) is 0 Å². The van der Waals surface area contributed by atoms with Crippen LogP contribution >= 0.6 is 0 Å². The standard InChI is InChI=1S/C11H24N2O/c1-3-13(9-10-14-4-2)8-7-12-11-5-6-11/h11-12H,3-10H2,1-2H3. The zero-order chi connectivity index (χ0) is 10.2. The maximum atomic E-state index is 5.34. The second-order valence-electron chi connectivity index (χ2n) is 3.86. The lowest BCUT2D eigenvalue weighted by Crippen LogP contribution is -2.35. The monoisotopic (exact) mass is 200 g/mol. The summed E-state index contributed by atoms with van der Waals surface area (Å²) in [6, 6.07) is 0.834. The van der Waals surface area contributed by atoms with Crippen molar-refractivity contribution in [2.45, 2.75) is 32.7 Å². The van der Waals surface area contributed by atoms with E-state index in [1.807, 2.05) is 6.92 Å². The first kappa shape index (κ1) is 12.0. The van der Waals surface area contributed by atoms with Crippen molar-refractivity contribution < 1.29 is 4.74 Å². The molecule has 0 aromatic heterocycles. The first-order valence-corrected chi connectivity index (χ1v) is 5.90. The molecule has 1 N–H and O–H groups in total. The van der Waals surface area contributed by atoms with Crippen LogP contribution in [0.5, 0.6) is 0 Å². The average Bonchev–Trinajstić information content (AvgIpc) is 2.99. The quantitative estimate of drug-likeness (QED) is 0.564. The lowest BCUT2D eigenvalue weighted by atomic mass is 10.4. The van der Waals surface area contributed by atoms with Gasteiger partial charge in [-0.25, -0.2) is 0 Å². The van der Waals surface area contributed by atoms with Gasteiger partial charge >= 0.3 is 0 Å². The minimum Gasteiger partial charge on any atom is -0.380 e. The molecule has 0 saturated heterocycles. The summed E-state index contributed by atoms with van der Waals surface area (Å²) in [6.07, 6.45) is 2.76. The van der Waals surface area contributed by atoms with Gasteiger partial charge in [-0.2, -0.15) is 0 Å². The second-order valence-corrected chi connectivity index (χ2v) is 3.86. The highest BCUT2D eigenvalue weighted by atomic mass is 16.5. The van der Waals surface area contributed by atoms with E-state index in [2.05, 4.69) is 17.1 Å². The molecule has 0 atom stereocenters. The van der Waals surface area contributed by atoms with Crippen molar-refractivity contribution >= 4 is 0 Å². The molecule has 3 heteroatoms. The maximum absolute atomic E-state index is 5.34. The summed E-state index contributed by atoms with van der Waals surface area (Å²) in [7, 11) is 0. The lowest BCUT2D eigenvalue weighted by Gasteiger charge is -2.20. The van der Waals surface area contributed by atoms with Gasteiger partial charge in [-0.1, -0.05) is 6.92 Å². The van der Waals surface area contributed by atoms with Crippen molar-refractivity contribution in [3.63, 3.8) is 0 Å². The largest absolute Gasteiger partial charge is 0.380 e. The van der Waals surface area contributed by atoms with E-state index in [4.69, 9.17) is 4.74 Å². The summed E-state index contributed by atoms with van der Waals surface area (Å²) in [5, 5.41) is 3.53. The Hall–Kier alpha value is -0.120. The van der Waals surface area contributed by atoms with Gasteiger partial charge in [0.1, 0.15) is 0 Å². The number of nitrogens with zero attached hydrogens (tertiary/aromatic N) is 1. The highest BCUT2D eigenvalue weighted by Gasteiger charge is 2.19. The van der Waals surface area contributed by atoms with Gasteiger partial charge in [-0.15, -0.1) is 0 Å². The molecule has 0 radical (unpaired) electrons. The predicted molar refractivity (Wildman–Crippen MR) is 59.6 cm³/mol. The molecular weight excluding hydrogens is 176 g/mol. The van der Waals surface area contributed by atoms with Crippen molar-refractivity contribution in [3.05, 3.63) is 0 Å². The summed E-state index contributed by atoms with van der Waals surface area (Å²) >= 11 is 0. The van der Waals surface area contributed by atoms with Crippen molar-refractivity contribution in [1.29, 1.82) is 0 Å². The zero-order valence-corrected chi connectivity index (χ0v) is 9.59. The molecule has 0 amide bonds. The maximum Gasteiger partial charge on any atom is 0.0593 e. The van der Waals surface area contributed by atoms with Gasteiger partial charge in [0.05, 0.1) is 6.61 Å². The first-order valence-electron chi connectivity index (χ1n) is 5.90. The highest BCUT2D eigenvalue weighted by Crippen LogP contribution is 2.17. The molecule has 14 heavy (non-hydrogen) atoms. The van der Waals surface area contributed by atoms with Gasteiger partial charge in [0.15, 0.2) is 0 Å². The van der Waals surface area contributed by atoms with Gasteiger partial charge in [0.25, 0.3) is 0 Å². The summed E-state index contributed by atoms with van der Waals surface area (Å²) in [6.45, 7) is 10.4. The topological polar surface area (TPSA) is 24.5 Å². The Morgan fingerprint density at radius 1 is 1.29 bits per heavy atom. The molecule has 0 aliphatic heterocycles. The van der Waals surface area contributed by atoms with Gasteiger partial charge in [-0.05, 0) is 26.3 Å². The molecule has 0 bridgehead atoms. The van der Waals surface area contributed by atoms with Crippen molar-refractivity contribution in [1.82, 2.24) is 10.2 Å². The van der Waals surface area contributed by atoms with E-state index in [1.54, 1.807) is 0 Å². The fraction of sp³-hybridized carbons (Fsp3) is 1.00. The molecule has 0 spiro atoms. The highest BCUT2D eigenvalue weighted by molar-refractivity contribution is 4.80. The molecule has 1 rings (SSSR count). The third kappa shape index (κ3) is 5.58. The Bertz CT molecular complexity index is 137. The van der Waals surface area contributed by atoms with E-state index in [1.165, 1.54) is 12.8 Å². The van der Waals surface area contributed by atoms with Crippen LogP contribution in [0.4, 0.5) is 0 Å². The Morgan fingerprint density at radius 2 is 2.07 bits per heavy atom. The van der Waals surface area contributed by atoms with E-state index in [0.717, 1.165) is 45.4 Å². The molecule has 1 aliphatic rings. The van der Waals surface area contributed by atoms with Crippen molar-refractivity contribution in [2.75, 3.05) is 39.4 Å².